The minimum absolute atomic E-state index is 1.36. The van der Waals surface area contributed by atoms with Gasteiger partial charge in [0, 0.05) is 0 Å². The van der Waals surface area contributed by atoms with Crippen LogP contribution in [0.4, 0.5) is 0 Å². The maximum Gasteiger partial charge on any atom is 0.204 e. The summed E-state index contributed by atoms with van der Waals surface area (Å²) in [7, 11) is 2.33. The molecule has 0 aliphatic carbocycles. The summed E-state index contributed by atoms with van der Waals surface area (Å²) in [6.07, 6.45) is 23.6. The molecular weight excluding hydrogens is 292 g/mol. The summed E-state index contributed by atoms with van der Waals surface area (Å²) in [5, 5.41) is 0. The van der Waals surface area contributed by atoms with Crippen molar-refractivity contribution in [1.82, 2.24) is 0 Å². The van der Waals surface area contributed by atoms with E-state index in [0.717, 1.165) is 0 Å². The molecule has 2 nitrogen and oxygen atoms in total. The van der Waals surface area contributed by atoms with Gasteiger partial charge in [0.2, 0.25) is 6.67 Å². The Bertz CT molecular complexity index is 254. The normalized spacial score (nSPS) is 20.8. The van der Waals surface area contributed by atoms with Crippen LogP contribution in [-0.4, -0.2) is 33.4 Å². The largest absolute Gasteiger partial charge is 0.286 e. The van der Waals surface area contributed by atoms with Gasteiger partial charge in [0.1, 0.15) is 13.1 Å². The molecule has 0 aromatic rings. The van der Waals surface area contributed by atoms with Crippen molar-refractivity contribution in [2.75, 3.05) is 33.4 Å². The Balaban J connectivity index is 1.66. The Morgan fingerprint density at radius 3 is 1.33 bits per heavy atom. The van der Waals surface area contributed by atoms with Crippen LogP contribution >= 0.6 is 0 Å². The van der Waals surface area contributed by atoms with Crippen LogP contribution in [0.5, 0.6) is 0 Å². The molecule has 0 aromatic carbocycles. The van der Waals surface area contributed by atoms with Crippen molar-refractivity contribution in [1.29, 1.82) is 0 Å². The first-order chi connectivity index (χ1) is 11.8. The van der Waals surface area contributed by atoms with Gasteiger partial charge in [-0.15, -0.1) is 0 Å². The van der Waals surface area contributed by atoms with Crippen molar-refractivity contribution >= 4 is 0 Å². The van der Waals surface area contributed by atoms with E-state index in [1.807, 2.05) is 4.90 Å². The van der Waals surface area contributed by atoms with Crippen LogP contribution in [0.25, 0.3) is 0 Å². The highest BCUT2D eigenvalue weighted by molar-refractivity contribution is 4.50. The predicted octanol–water partition coefficient (Wildman–Crippen LogP) is 3.62. The van der Waals surface area contributed by atoms with Crippen LogP contribution in [0.2, 0.25) is 0 Å². The molecule has 1 heterocycles. The zero-order valence-corrected chi connectivity index (χ0v) is 17.1. The minimum Gasteiger partial charge on any atom is -0.286 e. The minimum atomic E-state index is 1.36. The van der Waals surface area contributed by atoms with Gasteiger partial charge >= 0.3 is 0 Å². The molecular formula is C22H48N2+2. The van der Waals surface area contributed by atoms with Gasteiger partial charge in [0.15, 0.2) is 0 Å². The van der Waals surface area contributed by atoms with E-state index in [-0.39, 0.29) is 0 Å². The third-order valence-electron chi connectivity index (χ3n) is 5.84. The number of rotatable bonds is 17. The van der Waals surface area contributed by atoms with Crippen molar-refractivity contribution in [3.63, 3.8) is 0 Å². The summed E-state index contributed by atoms with van der Waals surface area (Å²) < 4.78 is 0. The van der Waals surface area contributed by atoms with Crippen LogP contribution in [0.1, 0.15) is 110 Å². The second-order valence-corrected chi connectivity index (χ2v) is 8.44. The predicted molar refractivity (Wildman–Crippen MR) is 107 cm³/mol. The molecule has 1 rings (SSSR count). The first-order valence-corrected chi connectivity index (χ1v) is 11.5. The van der Waals surface area contributed by atoms with Gasteiger partial charge < -0.3 is 0 Å². The van der Waals surface area contributed by atoms with Gasteiger partial charge in [-0.05, 0) is 12.8 Å². The quantitative estimate of drug-likeness (QED) is 0.374. The molecule has 0 aromatic heterocycles. The second-order valence-electron chi connectivity index (χ2n) is 8.44. The van der Waals surface area contributed by atoms with E-state index in [4.69, 9.17) is 0 Å². The molecule has 1 aliphatic rings. The summed E-state index contributed by atoms with van der Waals surface area (Å²) in [5.41, 5.74) is 0. The summed E-state index contributed by atoms with van der Waals surface area (Å²) in [6.45, 7) is 7.88. The molecule has 24 heavy (non-hydrogen) atoms. The average molecular weight is 341 g/mol. The lowest BCUT2D eigenvalue weighted by molar-refractivity contribution is -1.02. The Morgan fingerprint density at radius 1 is 0.542 bits per heavy atom. The molecule has 2 heteroatoms. The standard InChI is InChI=1S/C22H46N2/c1-3-4-5-6-7-8-9-10-11-12-13-14-15-16-17-18-19-24-21-20-23(2)22-24/h3-22H2,1-2H3/p+2. The second kappa shape index (κ2) is 16.4. The maximum atomic E-state index is 2.33. The third kappa shape index (κ3) is 13.2. The van der Waals surface area contributed by atoms with Crippen molar-refractivity contribution in [3.05, 3.63) is 0 Å². The van der Waals surface area contributed by atoms with Crippen molar-refractivity contribution in [3.8, 4) is 0 Å². The van der Waals surface area contributed by atoms with Crippen LogP contribution in [0.3, 0.4) is 0 Å². The zero-order valence-electron chi connectivity index (χ0n) is 17.1. The van der Waals surface area contributed by atoms with E-state index in [2.05, 4.69) is 14.0 Å². The van der Waals surface area contributed by atoms with E-state index in [1.54, 1.807) is 4.90 Å². The maximum absolute atomic E-state index is 2.33. The number of hydrogen-bond acceptors (Lipinski definition) is 0. The van der Waals surface area contributed by atoms with Gasteiger partial charge in [-0.1, -0.05) is 96.8 Å². The molecule has 0 radical (unpaired) electrons. The molecule has 2 N–H and O–H groups in total. The highest BCUT2D eigenvalue weighted by Gasteiger charge is 2.22. The van der Waals surface area contributed by atoms with E-state index in [0.29, 0.717) is 0 Å². The van der Waals surface area contributed by atoms with E-state index < -0.39 is 0 Å². The Hall–Kier alpha value is -0.0800. The fraction of sp³-hybridized carbons (Fsp3) is 1.00. The SMILES string of the molecule is CCCCCCCCCCCCCCCCCC[NH+]1CC[NH+](C)C1. The Labute approximate surface area is 153 Å². The molecule has 144 valence electrons. The molecule has 1 fully saturated rings. The lowest BCUT2D eigenvalue weighted by Gasteiger charge is -2.09. The number of quaternary nitrogens is 2. The third-order valence-corrected chi connectivity index (χ3v) is 5.84. The van der Waals surface area contributed by atoms with E-state index in [1.165, 1.54) is 129 Å². The van der Waals surface area contributed by atoms with E-state index in [9.17, 15) is 0 Å². The lowest BCUT2D eigenvalue weighted by atomic mass is 10.0. The fourth-order valence-corrected chi connectivity index (χ4v) is 4.13. The number of nitrogens with one attached hydrogen (secondary N) is 2. The Morgan fingerprint density at radius 2 is 0.958 bits per heavy atom. The van der Waals surface area contributed by atoms with Crippen molar-refractivity contribution in [2.45, 2.75) is 110 Å². The molecule has 2 unspecified atom stereocenters. The monoisotopic (exact) mass is 340 g/mol. The summed E-state index contributed by atoms with van der Waals surface area (Å²) >= 11 is 0. The molecule has 0 spiro atoms. The van der Waals surface area contributed by atoms with Crippen LogP contribution < -0.4 is 9.80 Å². The van der Waals surface area contributed by atoms with E-state index >= 15 is 0 Å². The number of hydrogen-bond donors (Lipinski definition) is 2. The molecule has 2 atom stereocenters. The first-order valence-electron chi connectivity index (χ1n) is 11.5. The summed E-state index contributed by atoms with van der Waals surface area (Å²) in [4.78, 5) is 3.57. The van der Waals surface area contributed by atoms with Crippen molar-refractivity contribution in [2.24, 2.45) is 0 Å². The van der Waals surface area contributed by atoms with Crippen molar-refractivity contribution < 1.29 is 9.80 Å². The fourth-order valence-electron chi connectivity index (χ4n) is 4.13. The van der Waals surface area contributed by atoms with Crippen LogP contribution in [-0.2, 0) is 0 Å². The molecule has 0 saturated carbocycles. The highest BCUT2D eigenvalue weighted by atomic mass is 15.4. The van der Waals surface area contributed by atoms with Gasteiger partial charge in [-0.2, -0.15) is 0 Å². The van der Waals surface area contributed by atoms with Gasteiger partial charge in [0.05, 0.1) is 13.6 Å². The topological polar surface area (TPSA) is 8.88 Å². The number of likely N-dealkylation sites (N-methyl/N-ethyl adjacent to an activating group) is 1. The average Bonchev–Trinajstić information content (AvgIpc) is 3.00. The smallest absolute Gasteiger partial charge is 0.204 e. The molecule has 0 bridgehead atoms. The van der Waals surface area contributed by atoms with Gasteiger partial charge in [-0.3, -0.25) is 9.80 Å². The zero-order chi connectivity index (χ0) is 17.3. The lowest BCUT2D eigenvalue weighted by Crippen LogP contribution is -3.22. The van der Waals surface area contributed by atoms with Crippen LogP contribution in [0.15, 0.2) is 0 Å². The first kappa shape index (κ1) is 22.0. The summed E-state index contributed by atoms with van der Waals surface area (Å²) in [6, 6.07) is 0. The van der Waals surface area contributed by atoms with Crippen LogP contribution in [0, 0.1) is 0 Å². The Kier molecular flexibility index (Phi) is 15.0. The molecule has 0 amide bonds. The molecule has 1 saturated heterocycles. The molecule has 1 aliphatic heterocycles. The van der Waals surface area contributed by atoms with Gasteiger partial charge in [0.25, 0.3) is 0 Å². The van der Waals surface area contributed by atoms with Gasteiger partial charge in [-0.25, -0.2) is 0 Å². The highest BCUT2D eigenvalue weighted by Crippen LogP contribution is 2.13. The summed E-state index contributed by atoms with van der Waals surface area (Å²) in [5.74, 6) is 0. The number of unbranched alkanes of at least 4 members (excludes halogenated alkanes) is 15.